The van der Waals surface area contributed by atoms with E-state index in [1.54, 1.807) is 4.90 Å². The quantitative estimate of drug-likeness (QED) is 0.823. The Morgan fingerprint density at radius 2 is 2.04 bits per heavy atom. The number of rotatable bonds is 4. The standard InChI is InChI=1S/C15H21F3N4O2/c16-15(17,18)13-3-4-22(19-13)11-14(23)21-7-5-20(6-8-21)10-12-2-1-9-24-12/h3-4,12H,1-2,5-11H2/t12-/m1/s1. The molecule has 2 saturated heterocycles. The molecule has 0 N–H and O–H groups in total. The van der Waals surface area contributed by atoms with E-state index in [9.17, 15) is 18.0 Å². The Hall–Kier alpha value is -1.61. The van der Waals surface area contributed by atoms with Crippen LogP contribution in [0.4, 0.5) is 13.2 Å². The lowest BCUT2D eigenvalue weighted by molar-refractivity contribution is -0.142. The van der Waals surface area contributed by atoms with E-state index in [0.29, 0.717) is 13.1 Å². The number of aromatic nitrogens is 2. The molecule has 134 valence electrons. The van der Waals surface area contributed by atoms with Crippen LogP contribution in [0.25, 0.3) is 0 Å². The van der Waals surface area contributed by atoms with Gasteiger partial charge in [0.25, 0.3) is 0 Å². The molecular formula is C15H21F3N4O2. The van der Waals surface area contributed by atoms with E-state index < -0.39 is 11.9 Å². The number of hydrogen-bond donors (Lipinski definition) is 0. The van der Waals surface area contributed by atoms with Crippen LogP contribution in [0, 0.1) is 0 Å². The van der Waals surface area contributed by atoms with Crippen molar-refractivity contribution < 1.29 is 22.7 Å². The van der Waals surface area contributed by atoms with Gasteiger partial charge in [0.2, 0.25) is 5.91 Å². The molecule has 1 amide bonds. The third-order valence-corrected chi connectivity index (χ3v) is 4.44. The predicted octanol–water partition coefficient (Wildman–Crippen LogP) is 1.23. The molecule has 1 aromatic rings. The van der Waals surface area contributed by atoms with Crippen LogP contribution in [0.5, 0.6) is 0 Å². The molecule has 1 atom stereocenters. The largest absolute Gasteiger partial charge is 0.435 e. The van der Waals surface area contributed by atoms with Gasteiger partial charge in [0, 0.05) is 45.5 Å². The summed E-state index contributed by atoms with van der Waals surface area (Å²) in [5, 5.41) is 3.42. The van der Waals surface area contributed by atoms with Crippen LogP contribution >= 0.6 is 0 Å². The predicted molar refractivity (Wildman–Crippen MR) is 79.2 cm³/mol. The third kappa shape index (κ3) is 4.27. The summed E-state index contributed by atoms with van der Waals surface area (Å²) in [5.41, 5.74) is -0.975. The topological polar surface area (TPSA) is 50.6 Å². The Morgan fingerprint density at radius 3 is 2.62 bits per heavy atom. The lowest BCUT2D eigenvalue weighted by Gasteiger charge is -2.35. The number of alkyl halides is 3. The van der Waals surface area contributed by atoms with Gasteiger partial charge in [-0.1, -0.05) is 0 Å². The molecule has 6 nitrogen and oxygen atoms in total. The van der Waals surface area contributed by atoms with Crippen molar-refractivity contribution >= 4 is 5.91 Å². The molecule has 3 heterocycles. The van der Waals surface area contributed by atoms with Crippen LogP contribution in [0.15, 0.2) is 12.3 Å². The molecule has 2 fully saturated rings. The summed E-state index contributed by atoms with van der Waals surface area (Å²) < 4.78 is 44.2. The van der Waals surface area contributed by atoms with Gasteiger partial charge in [-0.15, -0.1) is 0 Å². The third-order valence-electron chi connectivity index (χ3n) is 4.44. The lowest BCUT2D eigenvalue weighted by atomic mass is 10.2. The summed E-state index contributed by atoms with van der Waals surface area (Å²) in [6.07, 6.45) is -0.819. The number of carbonyl (C=O) groups excluding carboxylic acids is 1. The molecule has 0 radical (unpaired) electrons. The number of halogens is 3. The van der Waals surface area contributed by atoms with Crippen molar-refractivity contribution in [3.8, 4) is 0 Å². The maximum absolute atomic E-state index is 12.5. The highest BCUT2D eigenvalue weighted by Crippen LogP contribution is 2.27. The summed E-state index contributed by atoms with van der Waals surface area (Å²) >= 11 is 0. The zero-order chi connectivity index (χ0) is 17.2. The lowest BCUT2D eigenvalue weighted by Crippen LogP contribution is -2.51. The van der Waals surface area contributed by atoms with Gasteiger partial charge in [0.1, 0.15) is 6.54 Å². The van der Waals surface area contributed by atoms with Gasteiger partial charge in [-0.25, -0.2) is 0 Å². The second-order valence-corrected chi connectivity index (χ2v) is 6.21. The van der Waals surface area contributed by atoms with Crippen molar-refractivity contribution in [3.63, 3.8) is 0 Å². The van der Waals surface area contributed by atoms with Gasteiger partial charge in [-0.05, 0) is 18.9 Å². The van der Waals surface area contributed by atoms with Crippen molar-refractivity contribution in [1.82, 2.24) is 19.6 Å². The highest BCUT2D eigenvalue weighted by molar-refractivity contribution is 5.76. The number of ether oxygens (including phenoxy) is 1. The first-order valence-corrected chi connectivity index (χ1v) is 8.14. The van der Waals surface area contributed by atoms with Crippen molar-refractivity contribution in [1.29, 1.82) is 0 Å². The van der Waals surface area contributed by atoms with E-state index in [1.165, 1.54) is 6.20 Å². The van der Waals surface area contributed by atoms with Gasteiger partial charge < -0.3 is 9.64 Å². The van der Waals surface area contributed by atoms with Crippen molar-refractivity contribution in [2.45, 2.75) is 31.7 Å². The normalized spacial score (nSPS) is 23.0. The van der Waals surface area contributed by atoms with Gasteiger partial charge in [-0.2, -0.15) is 18.3 Å². The van der Waals surface area contributed by atoms with Gasteiger partial charge in [0.15, 0.2) is 5.69 Å². The monoisotopic (exact) mass is 346 g/mol. The van der Waals surface area contributed by atoms with Gasteiger partial charge in [-0.3, -0.25) is 14.4 Å². The molecule has 2 aliphatic heterocycles. The van der Waals surface area contributed by atoms with E-state index in [1.807, 2.05) is 0 Å². The first-order chi connectivity index (χ1) is 11.4. The van der Waals surface area contributed by atoms with Crippen LogP contribution < -0.4 is 0 Å². The minimum Gasteiger partial charge on any atom is -0.377 e. The number of hydrogen-bond acceptors (Lipinski definition) is 4. The smallest absolute Gasteiger partial charge is 0.377 e. The van der Waals surface area contributed by atoms with E-state index in [2.05, 4.69) is 10.00 Å². The van der Waals surface area contributed by atoms with Crippen molar-refractivity contribution in [3.05, 3.63) is 18.0 Å². The summed E-state index contributed by atoms with van der Waals surface area (Å²) in [6.45, 7) is 4.24. The Morgan fingerprint density at radius 1 is 1.29 bits per heavy atom. The summed E-state index contributed by atoms with van der Waals surface area (Å²) in [6, 6.07) is 0.882. The molecule has 0 bridgehead atoms. The van der Waals surface area contributed by atoms with Crippen molar-refractivity contribution in [2.24, 2.45) is 0 Å². The fourth-order valence-electron chi connectivity index (χ4n) is 3.10. The second kappa shape index (κ2) is 7.10. The Balaban J connectivity index is 1.45. The SMILES string of the molecule is O=C(Cn1ccc(C(F)(F)F)n1)N1CCN(C[C@H]2CCCO2)CC1. The first kappa shape index (κ1) is 17.2. The maximum Gasteiger partial charge on any atom is 0.435 e. The molecular weight excluding hydrogens is 325 g/mol. The summed E-state index contributed by atoms with van der Waals surface area (Å²) in [4.78, 5) is 16.2. The van der Waals surface area contributed by atoms with Crippen LogP contribution in [0.2, 0.25) is 0 Å². The number of carbonyl (C=O) groups is 1. The molecule has 24 heavy (non-hydrogen) atoms. The summed E-state index contributed by atoms with van der Waals surface area (Å²) in [5.74, 6) is -0.205. The average molecular weight is 346 g/mol. The zero-order valence-electron chi connectivity index (χ0n) is 13.3. The molecule has 0 aliphatic carbocycles. The molecule has 3 rings (SSSR count). The highest BCUT2D eigenvalue weighted by atomic mass is 19.4. The fraction of sp³-hybridized carbons (Fsp3) is 0.733. The van der Waals surface area contributed by atoms with Crippen LogP contribution in [-0.2, 0) is 22.3 Å². The zero-order valence-corrected chi connectivity index (χ0v) is 13.3. The number of nitrogens with zero attached hydrogens (tertiary/aromatic N) is 4. The molecule has 0 unspecified atom stereocenters. The molecule has 2 aliphatic rings. The fourth-order valence-corrected chi connectivity index (χ4v) is 3.10. The molecule has 0 saturated carbocycles. The van der Waals surface area contributed by atoms with E-state index in [-0.39, 0.29) is 18.6 Å². The minimum absolute atomic E-state index is 0.165. The number of piperazine rings is 1. The van der Waals surface area contributed by atoms with E-state index >= 15 is 0 Å². The maximum atomic E-state index is 12.5. The van der Waals surface area contributed by atoms with E-state index in [4.69, 9.17) is 4.74 Å². The molecule has 0 aromatic carbocycles. The Labute approximate surface area is 138 Å². The highest BCUT2D eigenvalue weighted by Gasteiger charge is 2.34. The number of amides is 1. The minimum atomic E-state index is -4.48. The second-order valence-electron chi connectivity index (χ2n) is 6.21. The molecule has 0 spiro atoms. The van der Waals surface area contributed by atoms with Crippen LogP contribution in [0.1, 0.15) is 18.5 Å². The van der Waals surface area contributed by atoms with E-state index in [0.717, 1.165) is 49.8 Å². The first-order valence-electron chi connectivity index (χ1n) is 8.14. The molecule has 9 heteroatoms. The summed E-state index contributed by atoms with van der Waals surface area (Å²) in [7, 11) is 0. The van der Waals surface area contributed by atoms with Gasteiger partial charge in [0.05, 0.1) is 6.10 Å². The Kier molecular flexibility index (Phi) is 5.09. The molecule has 1 aromatic heterocycles. The van der Waals surface area contributed by atoms with Gasteiger partial charge >= 0.3 is 6.18 Å². The average Bonchev–Trinajstić information content (AvgIpc) is 3.19. The van der Waals surface area contributed by atoms with Crippen LogP contribution in [0.3, 0.4) is 0 Å². The Bertz CT molecular complexity index is 561. The van der Waals surface area contributed by atoms with Crippen molar-refractivity contribution in [2.75, 3.05) is 39.3 Å². The van der Waals surface area contributed by atoms with Crippen LogP contribution in [-0.4, -0.2) is 70.9 Å².